The Bertz CT molecular complexity index is 727. The van der Waals surface area contributed by atoms with Gasteiger partial charge in [0.05, 0.1) is 26.0 Å². The SMILES string of the molecule is COC(=O)c1ccc2c(c1)Oc1cnc(OC)cc1CC2.[I][Cu][I]. The minimum absolute atomic E-state index is 0.376. The normalized spacial score (nSPS) is 11.8. The Balaban J connectivity index is 0.000000647. The van der Waals surface area contributed by atoms with Crippen molar-refractivity contribution in [2.24, 2.45) is 0 Å². The van der Waals surface area contributed by atoms with E-state index in [1.807, 2.05) is 12.1 Å². The van der Waals surface area contributed by atoms with Gasteiger partial charge in [-0.15, -0.1) is 0 Å². The number of rotatable bonds is 2. The van der Waals surface area contributed by atoms with Crippen LogP contribution in [-0.2, 0) is 26.0 Å². The quantitative estimate of drug-likeness (QED) is 0.287. The third kappa shape index (κ3) is 4.96. The molecule has 0 unspecified atom stereocenters. The van der Waals surface area contributed by atoms with Gasteiger partial charge in [0.1, 0.15) is 11.5 Å². The van der Waals surface area contributed by atoms with Crippen molar-refractivity contribution in [2.75, 3.05) is 14.2 Å². The van der Waals surface area contributed by atoms with Gasteiger partial charge < -0.3 is 14.2 Å². The third-order valence-corrected chi connectivity index (χ3v) is 3.50. The maximum absolute atomic E-state index is 11.6. The summed E-state index contributed by atoms with van der Waals surface area (Å²) < 4.78 is 15.8. The molecule has 0 amide bonds. The van der Waals surface area contributed by atoms with Crippen LogP contribution in [0.5, 0.6) is 17.4 Å². The van der Waals surface area contributed by atoms with Gasteiger partial charge in [0, 0.05) is 11.6 Å². The zero-order chi connectivity index (χ0) is 17.5. The summed E-state index contributed by atoms with van der Waals surface area (Å²) in [6.07, 6.45) is 3.31. The van der Waals surface area contributed by atoms with E-state index in [1.54, 1.807) is 33.9 Å². The van der Waals surface area contributed by atoms with Gasteiger partial charge in [0.2, 0.25) is 5.88 Å². The molecule has 5 nitrogen and oxygen atoms in total. The summed E-state index contributed by atoms with van der Waals surface area (Å²) in [5, 5.41) is 0. The van der Waals surface area contributed by atoms with Crippen molar-refractivity contribution in [3.05, 3.63) is 47.2 Å². The first-order valence-corrected chi connectivity index (χ1v) is 12.9. The Hall–Kier alpha value is -0.581. The molecule has 0 bridgehead atoms. The molecule has 133 valence electrons. The molecule has 0 aliphatic carbocycles. The van der Waals surface area contributed by atoms with Gasteiger partial charge in [-0.25, -0.2) is 9.78 Å². The van der Waals surface area contributed by atoms with Crippen molar-refractivity contribution in [3.8, 4) is 17.4 Å². The number of ether oxygens (including phenoxy) is 3. The predicted molar refractivity (Wildman–Crippen MR) is 104 cm³/mol. The van der Waals surface area contributed by atoms with E-state index >= 15 is 0 Å². The van der Waals surface area contributed by atoms with Crippen molar-refractivity contribution in [2.45, 2.75) is 12.8 Å². The zero-order valence-corrected chi connectivity index (χ0v) is 18.2. The molecule has 0 spiro atoms. The molecule has 0 N–H and O–H groups in total. The number of esters is 1. The van der Waals surface area contributed by atoms with Crippen molar-refractivity contribution >= 4 is 46.7 Å². The fourth-order valence-electron chi connectivity index (χ4n) is 2.35. The van der Waals surface area contributed by atoms with Crippen LogP contribution in [0.3, 0.4) is 0 Å². The molecule has 0 atom stereocenters. The molecular weight excluding hydrogens is 588 g/mol. The minimum atomic E-state index is -0.376. The average molecular weight is 603 g/mol. The standard InChI is InChI=1S/C16H15NO4.Cu.2HI/c1-19-15-8-11-5-3-10-4-6-12(16(18)20-2)7-13(10)21-14(11)9-17-15;;;/h4,6-9H,3,5H2,1-2H3;;2*1H/q;+2;;/p-2. The molecule has 2 aromatic rings. The van der Waals surface area contributed by atoms with E-state index in [0.29, 0.717) is 22.9 Å². The first kappa shape index (κ1) is 19.7. The fourth-order valence-corrected chi connectivity index (χ4v) is 2.35. The number of hydrogen-bond acceptors (Lipinski definition) is 5. The molecule has 3 rings (SSSR count). The Kier molecular flexibility index (Phi) is 8.05. The third-order valence-electron chi connectivity index (χ3n) is 3.50. The number of aryl methyl sites for hydroxylation is 2. The van der Waals surface area contributed by atoms with Crippen molar-refractivity contribution in [1.82, 2.24) is 4.98 Å². The number of methoxy groups -OCH3 is 2. The second-order valence-electron chi connectivity index (χ2n) is 4.79. The van der Waals surface area contributed by atoms with Crippen LogP contribution in [0.25, 0.3) is 0 Å². The molecule has 2 heterocycles. The number of nitrogens with zero attached hydrogens (tertiary/aromatic N) is 1. The summed E-state index contributed by atoms with van der Waals surface area (Å²) in [5.74, 6) is 1.55. The summed E-state index contributed by atoms with van der Waals surface area (Å²) >= 11 is 4.36. The monoisotopic (exact) mass is 602 g/mol. The number of aromatic nitrogens is 1. The molecule has 1 aliphatic heterocycles. The van der Waals surface area contributed by atoms with E-state index in [4.69, 9.17) is 14.2 Å². The zero-order valence-electron chi connectivity index (χ0n) is 12.9. The van der Waals surface area contributed by atoms with E-state index in [1.165, 1.54) is 7.11 Å². The molecule has 0 saturated carbocycles. The van der Waals surface area contributed by atoms with Crippen LogP contribution >= 0.6 is 40.7 Å². The number of carbonyl (C=O) groups is 1. The Morgan fingerprint density at radius 3 is 2.54 bits per heavy atom. The first-order valence-electron chi connectivity index (χ1n) is 6.86. The summed E-state index contributed by atoms with van der Waals surface area (Å²) in [4.78, 5) is 15.8. The van der Waals surface area contributed by atoms with Crippen LogP contribution < -0.4 is 9.47 Å². The van der Waals surface area contributed by atoms with Crippen LogP contribution in [-0.4, -0.2) is 25.2 Å². The maximum atomic E-state index is 11.6. The number of hydrogen-bond donors (Lipinski definition) is 0. The summed E-state index contributed by atoms with van der Waals surface area (Å²) in [7, 11) is 4.70. The number of pyridine rings is 1. The van der Waals surface area contributed by atoms with Crippen molar-refractivity contribution in [1.29, 1.82) is 0 Å². The molecule has 1 aliphatic rings. The van der Waals surface area contributed by atoms with Gasteiger partial charge in [0.15, 0.2) is 0 Å². The van der Waals surface area contributed by atoms with E-state index in [-0.39, 0.29) is 5.97 Å². The van der Waals surface area contributed by atoms with E-state index in [9.17, 15) is 4.79 Å². The Labute approximate surface area is 169 Å². The van der Waals surface area contributed by atoms with Gasteiger partial charge >= 0.3 is 55.1 Å². The Morgan fingerprint density at radius 2 is 1.88 bits per heavy atom. The molecule has 0 radical (unpaired) electrons. The fraction of sp³-hybridized carbons (Fsp3) is 0.250. The van der Waals surface area contributed by atoms with E-state index < -0.39 is 0 Å². The van der Waals surface area contributed by atoms with Gasteiger partial charge in [0.25, 0.3) is 0 Å². The average Bonchev–Trinajstić information content (AvgIpc) is 2.79. The number of fused-ring (bicyclic) bond motifs is 2. The Morgan fingerprint density at radius 1 is 1.17 bits per heavy atom. The van der Waals surface area contributed by atoms with Gasteiger partial charge in [-0.1, -0.05) is 6.07 Å². The van der Waals surface area contributed by atoms with Crippen LogP contribution in [0.2, 0.25) is 0 Å². The van der Waals surface area contributed by atoms with Crippen LogP contribution in [0.4, 0.5) is 0 Å². The number of halogens is 2. The number of carbonyl (C=O) groups excluding carboxylic acids is 1. The molecule has 0 fully saturated rings. The van der Waals surface area contributed by atoms with Crippen molar-refractivity contribution < 1.29 is 27.5 Å². The van der Waals surface area contributed by atoms with Gasteiger partial charge in [-0.2, -0.15) is 0 Å². The van der Waals surface area contributed by atoms with Crippen LogP contribution in [0.1, 0.15) is 21.5 Å². The first-order chi connectivity index (χ1) is 11.6. The van der Waals surface area contributed by atoms with E-state index in [2.05, 4.69) is 45.7 Å². The van der Waals surface area contributed by atoms with Crippen LogP contribution in [0.15, 0.2) is 30.5 Å². The second kappa shape index (κ2) is 9.79. The topological polar surface area (TPSA) is 57.7 Å². The van der Waals surface area contributed by atoms with E-state index in [0.717, 1.165) is 24.0 Å². The van der Waals surface area contributed by atoms with Crippen LogP contribution in [0, 0.1) is 0 Å². The molecule has 1 aromatic heterocycles. The molecular formula is C16H15CuI2NO4. The molecule has 1 aromatic carbocycles. The summed E-state index contributed by atoms with van der Waals surface area (Å²) in [5.41, 5.74) is 2.57. The number of benzene rings is 1. The molecule has 8 heteroatoms. The summed E-state index contributed by atoms with van der Waals surface area (Å²) in [6, 6.07) is 7.24. The van der Waals surface area contributed by atoms with Gasteiger partial charge in [-0.05, 0) is 30.5 Å². The molecule has 0 saturated heterocycles. The molecule has 24 heavy (non-hydrogen) atoms. The second-order valence-corrected chi connectivity index (χ2v) is 12.7. The predicted octanol–water partition coefficient (Wildman–Crippen LogP) is 4.54. The summed E-state index contributed by atoms with van der Waals surface area (Å²) in [6.45, 7) is 0. The van der Waals surface area contributed by atoms with Gasteiger partial charge in [-0.3, -0.25) is 0 Å². The van der Waals surface area contributed by atoms with Crippen molar-refractivity contribution in [3.63, 3.8) is 0 Å².